The van der Waals surface area contributed by atoms with Crippen LogP contribution in [0.5, 0.6) is 0 Å². The lowest BCUT2D eigenvalue weighted by Crippen LogP contribution is -2.74. The minimum Gasteiger partial charge on any atom is -0.351 e. The maximum atomic E-state index is 14.2. The molecule has 0 aromatic heterocycles. The molecule has 1 saturated carbocycles. The molecule has 2 amide bonds. The van der Waals surface area contributed by atoms with Gasteiger partial charge in [0.15, 0.2) is 0 Å². The molecule has 0 radical (unpaired) electrons. The van der Waals surface area contributed by atoms with E-state index < -0.39 is 158 Å². The van der Waals surface area contributed by atoms with E-state index in [2.05, 4.69) is 0 Å². The zero-order valence-corrected chi connectivity index (χ0v) is 31.9. The molecule has 0 aromatic carbocycles. The van der Waals surface area contributed by atoms with Crippen LogP contribution in [0.15, 0.2) is 0 Å². The third kappa shape index (κ3) is 9.80. The summed E-state index contributed by atoms with van der Waals surface area (Å²) in [5.74, 6) is -120. The first kappa shape index (κ1) is 62.6. The van der Waals surface area contributed by atoms with Crippen molar-refractivity contribution < 1.29 is 159 Å². The van der Waals surface area contributed by atoms with Gasteiger partial charge in [0.25, 0.3) is 0 Å². The van der Waals surface area contributed by atoms with Crippen molar-refractivity contribution in [1.29, 1.82) is 0 Å². The van der Waals surface area contributed by atoms with E-state index in [0.29, 0.717) is 0 Å². The van der Waals surface area contributed by atoms with Gasteiger partial charge in [0.05, 0.1) is 0 Å². The van der Waals surface area contributed by atoms with Crippen LogP contribution in [0.3, 0.4) is 0 Å². The van der Waals surface area contributed by atoms with E-state index >= 15 is 0 Å². The Balaban J connectivity index is 3.10. The molecule has 4 nitrogen and oxygen atoms in total. The van der Waals surface area contributed by atoms with Gasteiger partial charge in [-0.15, -0.1) is 0 Å². The molecule has 0 aromatic rings. The zero-order chi connectivity index (χ0) is 54.8. The van der Waals surface area contributed by atoms with Crippen LogP contribution in [0.25, 0.3) is 0 Å². The van der Waals surface area contributed by atoms with Gasteiger partial charge in [-0.3, -0.25) is 9.59 Å². The van der Waals surface area contributed by atoms with Gasteiger partial charge >= 0.3 is 95.3 Å². The largest absolute Gasteiger partial charge is 0.460 e. The number of rotatable bonds is 22. The SMILES string of the molecule is O=C(CCCC(F)(F)C(F)(F)C(F)(F)C(F)(F)C(F)(F)C(F)(F)C(F)(F)C(F)(F)F)N[C@@H]1CCCC[C@H]1NC(=O)CCCC(F)(F)C(F)(F)C(F)(F)C(F)(F)C(F)(F)C(F)(F)C(F)(F)C(F)(F)F. The summed E-state index contributed by atoms with van der Waals surface area (Å²) in [4.78, 5) is 24.5. The molecule has 0 bridgehead atoms. The van der Waals surface area contributed by atoms with E-state index in [1.165, 1.54) is 0 Å². The predicted octanol–water partition coefficient (Wildman–Crippen LogP) is 12.9. The molecule has 404 valence electrons. The summed E-state index contributed by atoms with van der Waals surface area (Å²) >= 11 is 0. The van der Waals surface area contributed by atoms with E-state index in [-0.39, 0.29) is 25.7 Å². The summed E-state index contributed by atoms with van der Waals surface area (Å²) in [6.07, 6.45) is -30.1. The monoisotopic (exact) mass is 1090 g/mol. The summed E-state index contributed by atoms with van der Waals surface area (Å²) in [6, 6.07) is -3.14. The minimum atomic E-state index is -8.90. The molecule has 38 heteroatoms. The van der Waals surface area contributed by atoms with Crippen molar-refractivity contribution in [2.75, 3.05) is 0 Å². The Morgan fingerprint density at radius 3 is 0.706 bits per heavy atom. The van der Waals surface area contributed by atoms with Gasteiger partial charge in [-0.1, -0.05) is 12.8 Å². The summed E-state index contributed by atoms with van der Waals surface area (Å²) in [5, 5.41) is 3.58. The van der Waals surface area contributed by atoms with Crippen LogP contribution in [-0.2, 0) is 9.59 Å². The van der Waals surface area contributed by atoms with Crippen LogP contribution in [0.1, 0.15) is 64.2 Å². The number of carbonyl (C=O) groups excluding carboxylic acids is 2. The van der Waals surface area contributed by atoms with Crippen molar-refractivity contribution in [2.45, 2.75) is 172 Å². The topological polar surface area (TPSA) is 58.2 Å². The quantitative estimate of drug-likeness (QED) is 0.106. The highest BCUT2D eigenvalue weighted by atomic mass is 19.4. The van der Waals surface area contributed by atoms with Crippen molar-refractivity contribution >= 4 is 11.8 Å². The molecule has 1 aliphatic carbocycles. The standard InChI is InChI=1S/C30H24F34N2O2/c31-15(32,17(35,36)19(39,40)21(43,44)23(47,48)25(51,52)27(55,56)29(59,60)61)9-3-7-13(67)65-11-5-1-2-6-12(11)66-14(68)8-4-10-16(33,34)18(37,38)20(41,42)22(45,46)24(49,50)26(53,54)28(57,58)30(62,63)64/h11-12H,1-10H2,(H,65,67)(H,66,68)/t11-,12-/m1/s1. The van der Waals surface area contributed by atoms with E-state index in [4.69, 9.17) is 0 Å². The van der Waals surface area contributed by atoms with Gasteiger partial charge in [0.1, 0.15) is 0 Å². The van der Waals surface area contributed by atoms with Crippen LogP contribution in [-0.4, -0.2) is 119 Å². The number of hydrogen-bond donors (Lipinski definition) is 2. The Labute approximate surface area is 353 Å². The number of nitrogens with one attached hydrogen (secondary N) is 2. The molecule has 1 rings (SSSR count). The molecule has 0 heterocycles. The van der Waals surface area contributed by atoms with Crippen LogP contribution >= 0.6 is 0 Å². The fourth-order valence-corrected chi connectivity index (χ4v) is 5.68. The summed E-state index contributed by atoms with van der Waals surface area (Å²) in [7, 11) is 0. The van der Waals surface area contributed by atoms with Gasteiger partial charge in [-0.05, 0) is 25.7 Å². The molecular formula is C30H24F34N2O2. The molecule has 2 N–H and O–H groups in total. The van der Waals surface area contributed by atoms with E-state index in [1.54, 1.807) is 10.6 Å². The number of alkyl halides is 34. The van der Waals surface area contributed by atoms with Gasteiger partial charge in [0, 0.05) is 37.8 Å². The summed E-state index contributed by atoms with van der Waals surface area (Å²) < 4.78 is 458. The first-order valence-corrected chi connectivity index (χ1v) is 17.5. The number of halogens is 34. The predicted molar refractivity (Wildman–Crippen MR) is 151 cm³/mol. The zero-order valence-electron chi connectivity index (χ0n) is 31.9. The molecule has 1 aliphatic rings. The van der Waals surface area contributed by atoms with Crippen LogP contribution in [0.4, 0.5) is 149 Å². The van der Waals surface area contributed by atoms with Gasteiger partial charge in [0.2, 0.25) is 11.8 Å². The third-order valence-electron chi connectivity index (χ3n) is 9.82. The maximum Gasteiger partial charge on any atom is 0.460 e. The lowest BCUT2D eigenvalue weighted by molar-refractivity contribution is -0.461. The second-order valence-corrected chi connectivity index (χ2v) is 14.6. The smallest absolute Gasteiger partial charge is 0.351 e. The second kappa shape index (κ2) is 18.3. The van der Waals surface area contributed by atoms with E-state index in [9.17, 15) is 159 Å². The fourth-order valence-electron chi connectivity index (χ4n) is 5.68. The average molecular weight is 1090 g/mol. The Hall–Kier alpha value is -3.44. The lowest BCUT2D eigenvalue weighted by atomic mass is 9.87. The Morgan fingerprint density at radius 1 is 0.309 bits per heavy atom. The maximum absolute atomic E-state index is 14.2. The first-order valence-electron chi connectivity index (χ1n) is 17.5. The molecule has 68 heavy (non-hydrogen) atoms. The van der Waals surface area contributed by atoms with Gasteiger partial charge in [-0.25, -0.2) is 0 Å². The average Bonchev–Trinajstić information content (AvgIpc) is 3.13. The third-order valence-corrected chi connectivity index (χ3v) is 9.82. The molecule has 0 saturated heterocycles. The van der Waals surface area contributed by atoms with E-state index in [1.807, 2.05) is 0 Å². The fraction of sp³-hybridized carbons (Fsp3) is 0.933. The Bertz CT molecular complexity index is 1640. The number of carbonyl (C=O) groups is 2. The molecule has 0 spiro atoms. The summed E-state index contributed by atoms with van der Waals surface area (Å²) in [6.45, 7) is 0. The van der Waals surface area contributed by atoms with Crippen molar-refractivity contribution in [3.05, 3.63) is 0 Å². The molecule has 0 aliphatic heterocycles. The van der Waals surface area contributed by atoms with Crippen molar-refractivity contribution in [1.82, 2.24) is 10.6 Å². The highest BCUT2D eigenvalue weighted by Crippen LogP contribution is 2.66. The van der Waals surface area contributed by atoms with Crippen LogP contribution in [0, 0.1) is 0 Å². The van der Waals surface area contributed by atoms with Crippen LogP contribution < -0.4 is 10.6 Å². The summed E-state index contributed by atoms with van der Waals surface area (Å²) in [5.41, 5.74) is 0. The van der Waals surface area contributed by atoms with Crippen molar-refractivity contribution in [3.63, 3.8) is 0 Å². The lowest BCUT2D eigenvalue weighted by Gasteiger charge is -2.42. The molecular weight excluding hydrogens is 1070 g/mol. The van der Waals surface area contributed by atoms with Gasteiger partial charge < -0.3 is 10.6 Å². The highest BCUT2D eigenvalue weighted by molar-refractivity contribution is 5.78. The van der Waals surface area contributed by atoms with Crippen LogP contribution in [0.2, 0.25) is 0 Å². The number of amides is 2. The van der Waals surface area contributed by atoms with Gasteiger partial charge in [-0.2, -0.15) is 149 Å². The van der Waals surface area contributed by atoms with Crippen molar-refractivity contribution in [2.24, 2.45) is 0 Å². The Morgan fingerprint density at radius 2 is 0.500 bits per heavy atom. The Kier molecular flexibility index (Phi) is 16.8. The first-order chi connectivity index (χ1) is 29.5. The van der Waals surface area contributed by atoms with E-state index in [0.717, 1.165) is 0 Å². The van der Waals surface area contributed by atoms with Crippen molar-refractivity contribution in [3.8, 4) is 0 Å². The number of hydrogen-bond acceptors (Lipinski definition) is 2. The normalized spacial score (nSPS) is 19.3. The highest BCUT2D eigenvalue weighted by Gasteiger charge is 2.97. The molecule has 0 unspecified atom stereocenters. The second-order valence-electron chi connectivity index (χ2n) is 14.6. The minimum absolute atomic E-state index is 0.0253. The molecule has 2 atom stereocenters. The molecule has 1 fully saturated rings.